The van der Waals surface area contributed by atoms with Crippen molar-refractivity contribution in [1.29, 1.82) is 0 Å². The molecule has 4 nitrogen and oxygen atoms in total. The number of fused-ring (bicyclic) bond motifs is 2. The SMILES string of the molecule is CC(C)(C)c1cnc2[nH]cc(-c3ccc4c(c3)C(=O)OC4)c2c1. The van der Waals surface area contributed by atoms with Crippen LogP contribution in [0.25, 0.3) is 22.2 Å². The number of carbonyl (C=O) groups excluding carboxylic acids is 1. The van der Waals surface area contributed by atoms with Gasteiger partial charge in [0, 0.05) is 28.9 Å². The van der Waals surface area contributed by atoms with E-state index in [2.05, 4.69) is 36.8 Å². The van der Waals surface area contributed by atoms with Crippen molar-refractivity contribution in [3.8, 4) is 11.1 Å². The Morgan fingerprint density at radius 1 is 1.17 bits per heavy atom. The minimum Gasteiger partial charge on any atom is -0.457 e. The van der Waals surface area contributed by atoms with Gasteiger partial charge in [-0.25, -0.2) is 9.78 Å². The Morgan fingerprint density at radius 2 is 2.00 bits per heavy atom. The monoisotopic (exact) mass is 306 g/mol. The van der Waals surface area contributed by atoms with Gasteiger partial charge >= 0.3 is 5.97 Å². The highest BCUT2D eigenvalue weighted by atomic mass is 16.5. The van der Waals surface area contributed by atoms with Crippen molar-refractivity contribution < 1.29 is 9.53 Å². The van der Waals surface area contributed by atoms with E-state index in [1.54, 1.807) is 0 Å². The van der Waals surface area contributed by atoms with E-state index >= 15 is 0 Å². The van der Waals surface area contributed by atoms with Crippen LogP contribution in [0, 0.1) is 0 Å². The minimum absolute atomic E-state index is 0.0392. The number of nitrogens with one attached hydrogen (secondary N) is 1. The number of ether oxygens (including phenoxy) is 1. The van der Waals surface area contributed by atoms with Crippen molar-refractivity contribution in [3.63, 3.8) is 0 Å². The first-order valence-corrected chi connectivity index (χ1v) is 7.71. The minimum atomic E-state index is -0.241. The van der Waals surface area contributed by atoms with Crippen LogP contribution >= 0.6 is 0 Å². The lowest BCUT2D eigenvalue weighted by atomic mass is 9.87. The highest BCUT2D eigenvalue weighted by molar-refractivity contribution is 5.98. The number of benzene rings is 1. The molecule has 1 N–H and O–H groups in total. The summed E-state index contributed by atoms with van der Waals surface area (Å²) in [6.07, 6.45) is 3.87. The van der Waals surface area contributed by atoms with Crippen LogP contribution in [0.3, 0.4) is 0 Å². The van der Waals surface area contributed by atoms with Crippen molar-refractivity contribution in [1.82, 2.24) is 9.97 Å². The molecule has 0 unspecified atom stereocenters. The summed E-state index contributed by atoms with van der Waals surface area (Å²) >= 11 is 0. The van der Waals surface area contributed by atoms with Crippen LogP contribution in [0.1, 0.15) is 42.3 Å². The number of aromatic amines is 1. The summed E-state index contributed by atoms with van der Waals surface area (Å²) in [5.74, 6) is -0.241. The van der Waals surface area contributed by atoms with Gasteiger partial charge in [0.15, 0.2) is 0 Å². The Bertz CT molecular complexity index is 932. The fourth-order valence-corrected chi connectivity index (χ4v) is 2.93. The van der Waals surface area contributed by atoms with Gasteiger partial charge in [-0.05, 0) is 28.7 Å². The zero-order valence-electron chi connectivity index (χ0n) is 13.4. The predicted octanol–water partition coefficient (Wildman–Crippen LogP) is 4.20. The third-order valence-corrected chi connectivity index (χ3v) is 4.40. The molecule has 4 heteroatoms. The number of aromatic nitrogens is 2. The van der Waals surface area contributed by atoms with Crippen LogP contribution in [0.2, 0.25) is 0 Å². The number of pyridine rings is 1. The first-order chi connectivity index (χ1) is 10.9. The van der Waals surface area contributed by atoms with E-state index in [0.717, 1.165) is 27.7 Å². The second-order valence-electron chi connectivity index (χ2n) is 7.02. The Morgan fingerprint density at radius 3 is 2.78 bits per heavy atom. The number of esters is 1. The number of hydrogen-bond donors (Lipinski definition) is 1. The van der Waals surface area contributed by atoms with Crippen LogP contribution in [0.5, 0.6) is 0 Å². The number of rotatable bonds is 1. The molecule has 0 fully saturated rings. The maximum absolute atomic E-state index is 11.8. The first kappa shape index (κ1) is 14.0. The van der Waals surface area contributed by atoms with Gasteiger partial charge < -0.3 is 9.72 Å². The van der Waals surface area contributed by atoms with Gasteiger partial charge in [-0.2, -0.15) is 0 Å². The quantitative estimate of drug-likeness (QED) is 0.686. The molecule has 3 heterocycles. The summed E-state index contributed by atoms with van der Waals surface area (Å²) in [4.78, 5) is 19.5. The lowest BCUT2D eigenvalue weighted by Gasteiger charge is -2.18. The lowest BCUT2D eigenvalue weighted by molar-refractivity contribution is 0.0535. The molecule has 3 aromatic rings. The molecule has 1 aromatic carbocycles. The van der Waals surface area contributed by atoms with Gasteiger partial charge in [-0.15, -0.1) is 0 Å². The predicted molar refractivity (Wildman–Crippen MR) is 89.3 cm³/mol. The van der Waals surface area contributed by atoms with Crippen LogP contribution in [0.15, 0.2) is 36.7 Å². The Labute approximate surface area is 134 Å². The first-order valence-electron chi connectivity index (χ1n) is 7.71. The van der Waals surface area contributed by atoms with Gasteiger partial charge in [0.25, 0.3) is 0 Å². The normalized spacial score (nSPS) is 14.1. The van der Waals surface area contributed by atoms with Gasteiger partial charge in [-0.3, -0.25) is 0 Å². The summed E-state index contributed by atoms with van der Waals surface area (Å²) < 4.78 is 5.09. The summed E-state index contributed by atoms with van der Waals surface area (Å²) in [7, 11) is 0. The zero-order chi connectivity index (χ0) is 16.2. The van der Waals surface area contributed by atoms with Gasteiger partial charge in [0.2, 0.25) is 0 Å². The third kappa shape index (κ3) is 2.22. The number of H-pyrrole nitrogens is 1. The summed E-state index contributed by atoms with van der Waals surface area (Å²) in [6.45, 7) is 6.90. The molecule has 0 spiro atoms. The number of carbonyl (C=O) groups is 1. The molecule has 0 saturated carbocycles. The second-order valence-corrected chi connectivity index (χ2v) is 7.02. The maximum atomic E-state index is 11.8. The van der Waals surface area contributed by atoms with Crippen LogP contribution in [-0.4, -0.2) is 15.9 Å². The Hall–Kier alpha value is -2.62. The summed E-state index contributed by atoms with van der Waals surface area (Å²) in [6, 6.07) is 8.10. The largest absolute Gasteiger partial charge is 0.457 e. The number of hydrogen-bond acceptors (Lipinski definition) is 3. The molecule has 0 amide bonds. The molecule has 1 aliphatic heterocycles. The summed E-state index contributed by atoms with van der Waals surface area (Å²) in [5, 5.41) is 1.07. The highest BCUT2D eigenvalue weighted by Crippen LogP contribution is 2.33. The molecular weight excluding hydrogens is 288 g/mol. The molecular formula is C19H18N2O2. The fraction of sp³-hybridized carbons (Fsp3) is 0.263. The fourth-order valence-electron chi connectivity index (χ4n) is 2.93. The Kier molecular flexibility index (Phi) is 2.85. The van der Waals surface area contributed by atoms with E-state index in [9.17, 15) is 4.79 Å². The van der Waals surface area contributed by atoms with E-state index in [4.69, 9.17) is 4.74 Å². The molecule has 116 valence electrons. The zero-order valence-corrected chi connectivity index (χ0v) is 13.4. The van der Waals surface area contributed by atoms with E-state index in [-0.39, 0.29) is 11.4 Å². The van der Waals surface area contributed by atoms with Gasteiger partial charge in [-0.1, -0.05) is 32.9 Å². The molecule has 23 heavy (non-hydrogen) atoms. The topological polar surface area (TPSA) is 55.0 Å². The Balaban J connectivity index is 1.89. The van der Waals surface area contributed by atoms with Crippen LogP contribution < -0.4 is 0 Å². The van der Waals surface area contributed by atoms with E-state index in [1.807, 2.05) is 30.6 Å². The smallest absolute Gasteiger partial charge is 0.338 e. The molecule has 0 radical (unpaired) electrons. The molecule has 0 atom stereocenters. The van der Waals surface area contributed by atoms with Crippen molar-refractivity contribution in [3.05, 3.63) is 53.3 Å². The summed E-state index contributed by atoms with van der Waals surface area (Å²) in [5.41, 5.74) is 5.76. The van der Waals surface area contributed by atoms with E-state index < -0.39 is 0 Å². The van der Waals surface area contributed by atoms with E-state index in [1.165, 1.54) is 5.56 Å². The lowest BCUT2D eigenvalue weighted by Crippen LogP contribution is -2.11. The standard InChI is InChI=1S/C19H18N2O2/c1-19(2,3)13-7-15-16(9-21-17(15)20-8-13)11-4-5-12-10-23-18(22)14(12)6-11/h4-9H,10H2,1-3H3,(H,20,21). The molecule has 4 rings (SSSR count). The second kappa shape index (κ2) is 4.69. The van der Waals surface area contributed by atoms with Crippen molar-refractivity contribution in [2.45, 2.75) is 32.8 Å². The maximum Gasteiger partial charge on any atom is 0.338 e. The van der Waals surface area contributed by atoms with Gasteiger partial charge in [0.1, 0.15) is 12.3 Å². The van der Waals surface area contributed by atoms with Gasteiger partial charge in [0.05, 0.1) is 5.56 Å². The number of cyclic esters (lactones) is 1. The van der Waals surface area contributed by atoms with E-state index in [0.29, 0.717) is 12.2 Å². The van der Waals surface area contributed by atoms with Crippen molar-refractivity contribution >= 4 is 17.0 Å². The molecule has 1 aliphatic rings. The molecule has 2 aromatic heterocycles. The third-order valence-electron chi connectivity index (χ3n) is 4.40. The average molecular weight is 306 g/mol. The van der Waals surface area contributed by atoms with Crippen LogP contribution in [-0.2, 0) is 16.8 Å². The average Bonchev–Trinajstić information content (AvgIpc) is 3.09. The molecule has 0 saturated heterocycles. The van der Waals surface area contributed by atoms with Crippen molar-refractivity contribution in [2.24, 2.45) is 0 Å². The number of nitrogens with zero attached hydrogens (tertiary/aromatic N) is 1. The molecule has 0 bridgehead atoms. The highest BCUT2D eigenvalue weighted by Gasteiger charge is 2.22. The van der Waals surface area contributed by atoms with Crippen molar-refractivity contribution in [2.75, 3.05) is 0 Å². The van der Waals surface area contributed by atoms with Crippen LogP contribution in [0.4, 0.5) is 0 Å². The molecule has 0 aliphatic carbocycles.